The molecule has 198 valence electrons. The van der Waals surface area contributed by atoms with Crippen molar-refractivity contribution >= 4 is 5.97 Å². The number of hydrogen-bond donors (Lipinski definition) is 2. The summed E-state index contributed by atoms with van der Waals surface area (Å²) < 4.78 is 62.5. The summed E-state index contributed by atoms with van der Waals surface area (Å²) in [5.74, 6) is -1.25. The SMILES string of the molecule is CC1(C)CN[C@H](c2ccccc2C(F)(F)F)c2cc(COc3cc4c(cn3)C3C(C4)C3C(=O)O)c(F)cc21. The van der Waals surface area contributed by atoms with Crippen LogP contribution in [0.1, 0.15) is 64.8 Å². The van der Waals surface area contributed by atoms with Gasteiger partial charge in [-0.3, -0.25) is 4.79 Å². The number of ether oxygens (including phenoxy) is 1. The summed E-state index contributed by atoms with van der Waals surface area (Å²) in [6.07, 6.45) is -2.25. The van der Waals surface area contributed by atoms with Crippen LogP contribution in [-0.2, 0) is 29.4 Å². The monoisotopic (exact) mass is 526 g/mol. The number of aromatic nitrogens is 1. The lowest BCUT2D eigenvalue weighted by atomic mass is 9.74. The lowest BCUT2D eigenvalue weighted by Crippen LogP contribution is -2.43. The van der Waals surface area contributed by atoms with E-state index >= 15 is 4.39 Å². The third-order valence-corrected chi connectivity index (χ3v) is 8.23. The van der Waals surface area contributed by atoms with Gasteiger partial charge >= 0.3 is 12.1 Å². The highest BCUT2D eigenvalue weighted by atomic mass is 19.4. The maximum absolute atomic E-state index is 15.3. The minimum absolute atomic E-state index is 0.00509. The minimum Gasteiger partial charge on any atom is -0.481 e. The van der Waals surface area contributed by atoms with Crippen LogP contribution in [0.5, 0.6) is 5.88 Å². The summed E-state index contributed by atoms with van der Waals surface area (Å²) in [6.45, 7) is 4.09. The molecule has 2 heterocycles. The molecule has 5 nitrogen and oxygen atoms in total. The van der Waals surface area contributed by atoms with Crippen LogP contribution in [0.2, 0.25) is 0 Å². The molecule has 3 aliphatic rings. The molecular formula is C29H26F4N2O3. The van der Waals surface area contributed by atoms with Crippen molar-refractivity contribution in [2.75, 3.05) is 6.54 Å². The summed E-state index contributed by atoms with van der Waals surface area (Å²) in [5, 5.41) is 12.5. The zero-order valence-electron chi connectivity index (χ0n) is 20.8. The van der Waals surface area contributed by atoms with Crippen LogP contribution < -0.4 is 10.1 Å². The van der Waals surface area contributed by atoms with Crippen LogP contribution in [0.3, 0.4) is 0 Å². The molecule has 2 aromatic carbocycles. The first-order chi connectivity index (χ1) is 18.0. The van der Waals surface area contributed by atoms with Crippen LogP contribution in [0.4, 0.5) is 17.6 Å². The number of pyridine rings is 1. The van der Waals surface area contributed by atoms with E-state index in [4.69, 9.17) is 4.74 Å². The highest BCUT2D eigenvalue weighted by molar-refractivity contribution is 5.77. The van der Waals surface area contributed by atoms with E-state index in [-0.39, 0.29) is 35.5 Å². The van der Waals surface area contributed by atoms with Crippen LogP contribution in [0.25, 0.3) is 0 Å². The summed E-state index contributed by atoms with van der Waals surface area (Å²) in [4.78, 5) is 15.6. The van der Waals surface area contributed by atoms with Gasteiger partial charge in [0.2, 0.25) is 5.88 Å². The van der Waals surface area contributed by atoms with Crippen LogP contribution in [-0.4, -0.2) is 22.6 Å². The molecule has 2 N–H and O–H groups in total. The maximum Gasteiger partial charge on any atom is 0.416 e. The van der Waals surface area contributed by atoms with E-state index in [2.05, 4.69) is 10.3 Å². The first-order valence-corrected chi connectivity index (χ1v) is 12.5. The van der Waals surface area contributed by atoms with Gasteiger partial charge in [-0.2, -0.15) is 13.2 Å². The molecule has 0 bridgehead atoms. The third kappa shape index (κ3) is 4.04. The van der Waals surface area contributed by atoms with Crippen molar-refractivity contribution in [2.24, 2.45) is 11.8 Å². The van der Waals surface area contributed by atoms with E-state index in [1.165, 1.54) is 18.2 Å². The Bertz CT molecular complexity index is 1450. The first kappa shape index (κ1) is 24.9. The predicted octanol–water partition coefficient (Wildman–Crippen LogP) is 5.76. The zero-order chi connectivity index (χ0) is 27.0. The Morgan fingerprint density at radius 2 is 1.92 bits per heavy atom. The second-order valence-corrected chi connectivity index (χ2v) is 11.1. The molecule has 6 rings (SSSR count). The molecule has 9 heteroatoms. The second-order valence-electron chi connectivity index (χ2n) is 11.1. The average molecular weight is 527 g/mol. The lowest BCUT2D eigenvalue weighted by Gasteiger charge is -2.39. The van der Waals surface area contributed by atoms with E-state index in [9.17, 15) is 23.1 Å². The van der Waals surface area contributed by atoms with Crippen molar-refractivity contribution in [3.63, 3.8) is 0 Å². The van der Waals surface area contributed by atoms with Gasteiger partial charge in [-0.15, -0.1) is 0 Å². The number of benzene rings is 2. The van der Waals surface area contributed by atoms with Crippen molar-refractivity contribution in [3.05, 3.63) is 93.4 Å². The van der Waals surface area contributed by atoms with Gasteiger partial charge in [0.25, 0.3) is 0 Å². The Morgan fingerprint density at radius 3 is 2.66 bits per heavy atom. The van der Waals surface area contributed by atoms with E-state index in [0.717, 1.165) is 17.2 Å². The van der Waals surface area contributed by atoms with Crippen molar-refractivity contribution in [2.45, 2.75) is 50.4 Å². The molecule has 3 unspecified atom stereocenters. The first-order valence-electron chi connectivity index (χ1n) is 12.5. The summed E-state index contributed by atoms with van der Waals surface area (Å²) in [7, 11) is 0. The summed E-state index contributed by atoms with van der Waals surface area (Å²) in [6, 6.07) is 9.46. The number of nitrogens with one attached hydrogen (secondary N) is 1. The molecule has 0 spiro atoms. The smallest absolute Gasteiger partial charge is 0.416 e. The van der Waals surface area contributed by atoms with Crippen molar-refractivity contribution in [1.82, 2.24) is 10.3 Å². The van der Waals surface area contributed by atoms with Gasteiger partial charge in [0, 0.05) is 35.7 Å². The Morgan fingerprint density at radius 1 is 1.16 bits per heavy atom. The number of carboxylic acid groups (broad SMARTS) is 1. The van der Waals surface area contributed by atoms with Gasteiger partial charge in [0.15, 0.2) is 0 Å². The fraction of sp³-hybridized carbons (Fsp3) is 0.379. The van der Waals surface area contributed by atoms with Crippen molar-refractivity contribution < 1.29 is 32.2 Å². The second kappa shape index (κ2) is 8.53. The van der Waals surface area contributed by atoms with Crippen LogP contribution >= 0.6 is 0 Å². The molecule has 0 radical (unpaired) electrons. The van der Waals surface area contributed by atoms with Crippen LogP contribution in [0.15, 0.2) is 48.7 Å². The number of rotatable bonds is 5. The molecule has 1 fully saturated rings. The molecule has 0 amide bonds. The highest BCUT2D eigenvalue weighted by Crippen LogP contribution is 2.61. The zero-order valence-corrected chi connectivity index (χ0v) is 20.8. The number of carboxylic acids is 1. The lowest BCUT2D eigenvalue weighted by molar-refractivity contribution is -0.139. The van der Waals surface area contributed by atoms with Crippen molar-refractivity contribution in [3.8, 4) is 5.88 Å². The normalized spacial score (nSPS) is 24.8. The molecule has 1 saturated carbocycles. The molecule has 38 heavy (non-hydrogen) atoms. The number of aliphatic carboxylic acids is 1. The van der Waals surface area contributed by atoms with Gasteiger partial charge in [-0.05, 0) is 58.4 Å². The molecule has 1 aliphatic heterocycles. The topological polar surface area (TPSA) is 71.5 Å². The average Bonchev–Trinajstić information content (AvgIpc) is 3.45. The van der Waals surface area contributed by atoms with Gasteiger partial charge in [0.1, 0.15) is 12.4 Å². The van der Waals surface area contributed by atoms with Crippen molar-refractivity contribution in [1.29, 1.82) is 0 Å². The molecule has 0 saturated heterocycles. The van der Waals surface area contributed by atoms with Gasteiger partial charge in [0.05, 0.1) is 17.5 Å². The Labute approximate surface area is 216 Å². The molecule has 2 aliphatic carbocycles. The largest absolute Gasteiger partial charge is 0.481 e. The quantitative estimate of drug-likeness (QED) is 0.414. The van der Waals surface area contributed by atoms with E-state index in [0.29, 0.717) is 30.0 Å². The number of hydrogen-bond acceptors (Lipinski definition) is 4. The third-order valence-electron chi connectivity index (χ3n) is 8.23. The Balaban J connectivity index is 1.30. The number of halogens is 4. The number of carbonyl (C=O) groups is 1. The number of alkyl halides is 3. The highest BCUT2D eigenvalue weighted by Gasteiger charge is 2.60. The molecule has 4 atom stereocenters. The fourth-order valence-electron chi connectivity index (χ4n) is 6.26. The summed E-state index contributed by atoms with van der Waals surface area (Å²) >= 11 is 0. The fourth-order valence-corrected chi connectivity index (χ4v) is 6.26. The van der Waals surface area contributed by atoms with Gasteiger partial charge < -0.3 is 15.2 Å². The number of fused-ring (bicyclic) bond motifs is 4. The van der Waals surface area contributed by atoms with Gasteiger partial charge in [-0.1, -0.05) is 32.0 Å². The Hall–Kier alpha value is -3.46. The maximum atomic E-state index is 15.3. The number of nitrogens with zero attached hydrogens (tertiary/aromatic N) is 1. The Kier molecular flexibility index (Phi) is 5.58. The standard InChI is InChI=1S/C29H26F4N2O3/c1-28(2)13-35-26(16-5-3-4-6-20(16)29(31,32)33)17-8-15(22(30)10-21(17)28)12-38-23-9-14-7-18-24(19(14)11-34-23)25(18)27(36)37/h3-6,8-11,18,24-26,35H,7,12-13H2,1-2H3,(H,36,37)/t18?,24?,25?,26-/m1/s1. The summed E-state index contributed by atoms with van der Waals surface area (Å²) in [5.41, 5.74) is 2.24. The van der Waals surface area contributed by atoms with Gasteiger partial charge in [-0.25, -0.2) is 9.37 Å². The molecule has 1 aromatic heterocycles. The minimum atomic E-state index is -4.53. The molecule has 3 aromatic rings. The van der Waals surface area contributed by atoms with E-state index < -0.39 is 35.0 Å². The van der Waals surface area contributed by atoms with Crippen LogP contribution in [0, 0.1) is 17.7 Å². The predicted molar refractivity (Wildman–Crippen MR) is 130 cm³/mol. The molecular weight excluding hydrogens is 500 g/mol. The van der Waals surface area contributed by atoms with E-state index in [1.54, 1.807) is 24.4 Å². The van der Waals surface area contributed by atoms with E-state index in [1.807, 2.05) is 13.8 Å².